The van der Waals surface area contributed by atoms with E-state index in [2.05, 4.69) is 22.6 Å². The molecular formula is C39H45F2I3O16S. The molecular weight excluding hydrogens is 1180 g/mol. The van der Waals surface area contributed by atoms with E-state index >= 15 is 0 Å². The number of phenols is 1. The number of carbonyl (C=O) groups excluding carboxylic acids is 6. The fourth-order valence-corrected chi connectivity index (χ4v) is 9.05. The van der Waals surface area contributed by atoms with Crippen LogP contribution >= 0.6 is 67.8 Å². The van der Waals surface area contributed by atoms with Crippen molar-refractivity contribution < 1.29 is 84.0 Å². The summed E-state index contributed by atoms with van der Waals surface area (Å²) in [6.07, 6.45) is -1.66. The Labute approximate surface area is 392 Å². The van der Waals surface area contributed by atoms with E-state index in [1.54, 1.807) is 38.1 Å². The second kappa shape index (κ2) is 19.5. The Bertz CT molecular complexity index is 2150. The van der Waals surface area contributed by atoms with Gasteiger partial charge in [0.25, 0.3) is 0 Å². The Balaban J connectivity index is 2.15. The Morgan fingerprint density at radius 2 is 1.41 bits per heavy atom. The Hall–Kier alpha value is -2.82. The van der Waals surface area contributed by atoms with E-state index in [9.17, 15) is 51.1 Å². The third-order valence-electron chi connectivity index (χ3n) is 11.2. The second-order valence-corrected chi connectivity index (χ2v) is 21.0. The highest BCUT2D eigenvalue weighted by atomic mass is 127. The van der Waals surface area contributed by atoms with E-state index in [1.807, 2.05) is 45.2 Å². The van der Waals surface area contributed by atoms with Gasteiger partial charge < -0.3 is 33.5 Å². The predicted octanol–water partition coefficient (Wildman–Crippen LogP) is 6.37. The molecule has 1 fully saturated rings. The van der Waals surface area contributed by atoms with Crippen molar-refractivity contribution in [1.82, 2.24) is 0 Å². The van der Waals surface area contributed by atoms with Crippen molar-refractivity contribution in [1.29, 1.82) is 0 Å². The third-order valence-corrected chi connectivity index (χ3v) is 14.4. The molecule has 3 rings (SSSR count). The summed E-state index contributed by atoms with van der Waals surface area (Å²) >= 11 is 5.70. The van der Waals surface area contributed by atoms with Crippen molar-refractivity contribution in [2.75, 3.05) is 33.0 Å². The molecule has 2 N–H and O–H groups in total. The third kappa shape index (κ3) is 10.9. The minimum absolute atomic E-state index is 0.0354. The van der Waals surface area contributed by atoms with Crippen LogP contribution in [-0.2, 0) is 68.1 Å². The number of hydrogen-bond donors (Lipinski definition) is 2. The molecule has 0 spiro atoms. The number of alkyl halides is 2. The number of aromatic hydroxyl groups is 1. The monoisotopic (exact) mass is 1220 g/mol. The average molecular weight is 1220 g/mol. The quantitative estimate of drug-likeness (QED) is 0.0511. The minimum atomic E-state index is -6.11. The van der Waals surface area contributed by atoms with E-state index in [4.69, 9.17) is 33.0 Å². The molecule has 0 radical (unpaired) electrons. The van der Waals surface area contributed by atoms with Crippen LogP contribution in [0.25, 0.3) is 0 Å². The van der Waals surface area contributed by atoms with Gasteiger partial charge in [0, 0.05) is 9.99 Å². The number of hydrogen-bond acceptors (Lipinski definition) is 15. The van der Waals surface area contributed by atoms with Crippen LogP contribution in [0.15, 0.2) is 36.4 Å². The van der Waals surface area contributed by atoms with Gasteiger partial charge in [-0.15, -0.1) is 0 Å². The van der Waals surface area contributed by atoms with Crippen LogP contribution < -0.4 is 0 Å². The van der Waals surface area contributed by atoms with Gasteiger partial charge in [-0.3, -0.25) is 23.7 Å². The highest BCUT2D eigenvalue weighted by Crippen LogP contribution is 2.62. The standard InChI is InChI=1S/C39H45F2I3O16S/c1-34(2,31(49)58-20-39(40,41)61(52,53)54)37(7,27(45)19-55-14-15-57-29(47)21-16-24(43)28(46)25(44)17-21)38(8,33(51)59-26-12-13-56-30(26)48)35(3,4)32(50)60-36(5,6)22-10-9-11-23(42)18-22/h9-11,16-18,26,46H,12-15,19-20H2,1-8H3,(H,52,53,54). The zero-order valence-electron chi connectivity index (χ0n) is 34.2. The smallest absolute Gasteiger partial charge is 0.402 e. The first-order valence-corrected chi connectivity index (χ1v) is 22.8. The Kier molecular flexibility index (Phi) is 16.8. The SMILES string of the molecule is CC(C)(OC(=O)C(C)(C)C(C)(C(=O)OC1CCOC1=O)C(C)(C(=O)COCCOC(=O)c1cc(I)c(O)c(I)c1)C(C)(C)C(=O)OCC(F)(F)S(=O)(=O)O)c1cccc(I)c1. The molecule has 1 saturated heterocycles. The molecule has 3 unspecified atom stereocenters. The van der Waals surface area contributed by atoms with Gasteiger partial charge in [0.2, 0.25) is 6.10 Å². The number of halogens is 5. The molecule has 0 saturated carbocycles. The molecule has 338 valence electrons. The van der Waals surface area contributed by atoms with Gasteiger partial charge >= 0.3 is 45.2 Å². The molecule has 0 aromatic heterocycles. The topological polar surface area (TPSA) is 232 Å². The summed E-state index contributed by atoms with van der Waals surface area (Å²) in [6, 6.07) is 9.67. The van der Waals surface area contributed by atoms with Crippen LogP contribution in [0.4, 0.5) is 8.78 Å². The minimum Gasteiger partial charge on any atom is -0.506 e. The summed E-state index contributed by atoms with van der Waals surface area (Å²) in [5, 5.41) is 5.03. The van der Waals surface area contributed by atoms with Crippen LogP contribution in [0.5, 0.6) is 5.75 Å². The average Bonchev–Trinajstić information content (AvgIpc) is 3.56. The second-order valence-electron chi connectivity index (χ2n) is 15.8. The van der Waals surface area contributed by atoms with E-state index < -0.39 is 111 Å². The summed E-state index contributed by atoms with van der Waals surface area (Å²) in [7, 11) is -6.11. The van der Waals surface area contributed by atoms with Gasteiger partial charge in [-0.1, -0.05) is 19.1 Å². The van der Waals surface area contributed by atoms with E-state index in [0.717, 1.165) is 31.3 Å². The lowest BCUT2D eigenvalue weighted by molar-refractivity contribution is -0.216. The van der Waals surface area contributed by atoms with Crippen molar-refractivity contribution in [3.05, 3.63) is 58.2 Å². The molecule has 0 bridgehead atoms. The number of carbonyl (C=O) groups is 6. The fourth-order valence-electron chi connectivity index (χ4n) is 6.53. The molecule has 22 heteroatoms. The zero-order valence-corrected chi connectivity index (χ0v) is 41.5. The number of ether oxygens (including phenoxy) is 6. The maximum atomic E-state index is 14.9. The molecule has 3 atom stereocenters. The van der Waals surface area contributed by atoms with Gasteiger partial charge in [-0.2, -0.15) is 17.2 Å². The highest BCUT2D eigenvalue weighted by molar-refractivity contribution is 14.1. The number of esters is 5. The number of Topliss-reactive ketones (excluding diaryl/α,β-unsaturated/α-hetero) is 1. The zero-order chi connectivity index (χ0) is 46.7. The van der Waals surface area contributed by atoms with E-state index in [-0.39, 0.29) is 24.3 Å². The normalized spacial score (nSPS) is 17.0. The van der Waals surface area contributed by atoms with Gasteiger partial charge in [0.15, 0.2) is 12.4 Å². The molecule has 1 heterocycles. The lowest BCUT2D eigenvalue weighted by atomic mass is 9.44. The van der Waals surface area contributed by atoms with Crippen molar-refractivity contribution in [2.24, 2.45) is 21.7 Å². The molecule has 2 aromatic carbocycles. The molecule has 2 aromatic rings. The van der Waals surface area contributed by atoms with Crippen molar-refractivity contribution in [2.45, 2.75) is 78.8 Å². The molecule has 16 nitrogen and oxygen atoms in total. The summed E-state index contributed by atoms with van der Waals surface area (Å²) < 4.78 is 94.4. The maximum Gasteiger partial charge on any atom is 0.402 e. The highest BCUT2D eigenvalue weighted by Gasteiger charge is 2.73. The summed E-state index contributed by atoms with van der Waals surface area (Å²) in [6.45, 7) is 5.41. The Morgan fingerprint density at radius 3 is 1.93 bits per heavy atom. The van der Waals surface area contributed by atoms with Crippen LogP contribution in [-0.4, -0.2) is 98.1 Å². The fraction of sp³-hybridized carbons (Fsp3) is 0.538. The van der Waals surface area contributed by atoms with Crippen LogP contribution in [0.2, 0.25) is 0 Å². The van der Waals surface area contributed by atoms with Gasteiger partial charge in [-0.25, -0.2) is 9.59 Å². The largest absolute Gasteiger partial charge is 0.506 e. The number of phenolic OH excluding ortho intramolecular Hbond substituents is 1. The van der Waals surface area contributed by atoms with Crippen LogP contribution in [0, 0.1) is 32.4 Å². The van der Waals surface area contributed by atoms with E-state index in [1.165, 1.54) is 26.0 Å². The predicted molar refractivity (Wildman–Crippen MR) is 235 cm³/mol. The van der Waals surface area contributed by atoms with Gasteiger partial charge in [0.05, 0.1) is 47.6 Å². The first-order chi connectivity index (χ1) is 27.8. The summed E-state index contributed by atoms with van der Waals surface area (Å²) in [4.78, 5) is 83.7. The van der Waals surface area contributed by atoms with Crippen LogP contribution in [0.1, 0.15) is 77.7 Å². The first kappa shape index (κ1) is 52.5. The molecule has 1 aliphatic rings. The summed E-state index contributed by atoms with van der Waals surface area (Å²) in [5.74, 6) is -7.17. The van der Waals surface area contributed by atoms with Crippen LogP contribution in [0.3, 0.4) is 0 Å². The molecule has 61 heavy (non-hydrogen) atoms. The maximum absolute atomic E-state index is 14.9. The van der Waals surface area contributed by atoms with E-state index in [0.29, 0.717) is 12.7 Å². The summed E-state index contributed by atoms with van der Waals surface area (Å²) in [5.41, 5.74) is -10.8. The number of cyclic esters (lactones) is 1. The number of ketones is 1. The number of rotatable bonds is 19. The van der Waals surface area contributed by atoms with Crippen molar-refractivity contribution in [3.8, 4) is 5.75 Å². The lowest BCUT2D eigenvalue weighted by Crippen LogP contribution is -2.67. The molecule has 0 amide bonds. The molecule has 1 aliphatic heterocycles. The lowest BCUT2D eigenvalue weighted by Gasteiger charge is -2.56. The number of benzene rings is 2. The van der Waals surface area contributed by atoms with Crippen molar-refractivity contribution in [3.63, 3.8) is 0 Å². The first-order valence-electron chi connectivity index (χ1n) is 18.1. The van der Waals surface area contributed by atoms with Gasteiger partial charge in [0.1, 0.15) is 24.6 Å². The Morgan fingerprint density at radius 1 is 0.836 bits per heavy atom. The van der Waals surface area contributed by atoms with Gasteiger partial charge in [-0.05, 0) is 146 Å². The van der Waals surface area contributed by atoms with Crippen molar-refractivity contribution >= 4 is 114 Å². The molecule has 0 aliphatic carbocycles.